The lowest BCUT2D eigenvalue weighted by Gasteiger charge is -2.33. The molecule has 10 nitrogen and oxygen atoms in total. The molecule has 1 heterocycles. The summed E-state index contributed by atoms with van der Waals surface area (Å²) in [6.45, 7) is 6.16. The second-order valence-electron chi connectivity index (χ2n) is 7.07. The van der Waals surface area contributed by atoms with Crippen molar-refractivity contribution in [2.45, 2.75) is 45.3 Å². The predicted molar refractivity (Wildman–Crippen MR) is 94.2 cm³/mol. The first-order chi connectivity index (χ1) is 12.1. The number of nitrogens with zero attached hydrogens (tertiary/aromatic N) is 3. The quantitative estimate of drug-likeness (QED) is 0.639. The highest BCUT2D eigenvalue weighted by Crippen LogP contribution is 2.35. The van der Waals surface area contributed by atoms with Gasteiger partial charge in [-0.15, -0.1) is 0 Å². The van der Waals surface area contributed by atoms with Gasteiger partial charge in [0.2, 0.25) is 0 Å². The monoisotopic (exact) mass is 366 g/mol. The van der Waals surface area contributed by atoms with E-state index in [-0.39, 0.29) is 23.1 Å². The van der Waals surface area contributed by atoms with Crippen molar-refractivity contribution in [3.8, 4) is 0 Å². The van der Waals surface area contributed by atoms with Gasteiger partial charge in [0.15, 0.2) is 5.69 Å². The molecule has 1 aromatic rings. The molecule has 0 spiro atoms. The van der Waals surface area contributed by atoms with Crippen LogP contribution in [0.5, 0.6) is 0 Å². The molecule has 10 heteroatoms. The zero-order valence-electron chi connectivity index (χ0n) is 14.9. The molecule has 0 unspecified atom stereocenters. The molecule has 1 aliphatic heterocycles. The van der Waals surface area contributed by atoms with E-state index in [1.54, 1.807) is 25.7 Å². The maximum absolute atomic E-state index is 12.1. The summed E-state index contributed by atoms with van der Waals surface area (Å²) in [5, 5.41) is 25.3. The van der Waals surface area contributed by atoms with Gasteiger partial charge in [0, 0.05) is 31.3 Å². The van der Waals surface area contributed by atoms with Crippen molar-refractivity contribution in [2.24, 2.45) is 0 Å². The Bertz CT molecular complexity index is 675. The number of nitrogens with one attached hydrogen (secondary N) is 1. The van der Waals surface area contributed by atoms with Crippen LogP contribution in [0.25, 0.3) is 0 Å². The fraction of sp³-hybridized carbons (Fsp3) is 0.562. The van der Waals surface area contributed by atoms with Crippen molar-refractivity contribution in [3.63, 3.8) is 0 Å². The highest BCUT2D eigenvalue weighted by molar-refractivity contribution is 5.74. The van der Waals surface area contributed by atoms with Crippen LogP contribution in [0.4, 0.5) is 21.9 Å². The van der Waals surface area contributed by atoms with Crippen LogP contribution in [-0.2, 0) is 4.74 Å². The molecule has 2 rings (SSSR count). The van der Waals surface area contributed by atoms with Gasteiger partial charge in [0.25, 0.3) is 11.4 Å². The number of ether oxygens (including phenoxy) is 1. The first kappa shape index (κ1) is 19.4. The molecule has 1 fully saturated rings. The van der Waals surface area contributed by atoms with E-state index in [0.717, 1.165) is 0 Å². The number of benzene rings is 1. The first-order valence-electron chi connectivity index (χ1n) is 8.25. The average molecular weight is 366 g/mol. The Labute approximate surface area is 150 Å². The SMILES string of the molecule is CC(C)(C)OC(=O)N1CCC(Nc2c([N+](=O)[O-])cccc2[N+](=O)[O-])CC1. The number of nitro groups is 2. The molecule has 0 aromatic heterocycles. The van der Waals surface area contributed by atoms with Crippen molar-refractivity contribution in [2.75, 3.05) is 18.4 Å². The van der Waals surface area contributed by atoms with E-state index in [0.29, 0.717) is 25.9 Å². The average Bonchev–Trinajstić information content (AvgIpc) is 2.53. The lowest BCUT2D eigenvalue weighted by molar-refractivity contribution is -0.392. The fourth-order valence-electron chi connectivity index (χ4n) is 2.72. The molecule has 1 aromatic carbocycles. The number of likely N-dealkylation sites (tertiary alicyclic amines) is 1. The van der Waals surface area contributed by atoms with Gasteiger partial charge in [-0.3, -0.25) is 20.2 Å². The fourth-order valence-corrected chi connectivity index (χ4v) is 2.72. The first-order valence-corrected chi connectivity index (χ1v) is 8.25. The van der Waals surface area contributed by atoms with Gasteiger partial charge in [0.1, 0.15) is 5.60 Å². The number of carbonyl (C=O) groups excluding carboxylic acids is 1. The third-order valence-corrected chi connectivity index (χ3v) is 3.91. The van der Waals surface area contributed by atoms with Crippen molar-refractivity contribution in [1.82, 2.24) is 4.90 Å². The van der Waals surface area contributed by atoms with Crippen LogP contribution in [0, 0.1) is 20.2 Å². The summed E-state index contributed by atoms with van der Waals surface area (Å²) in [4.78, 5) is 34.7. The molecular weight excluding hydrogens is 344 g/mol. The summed E-state index contributed by atoms with van der Waals surface area (Å²) < 4.78 is 5.32. The molecule has 0 radical (unpaired) electrons. The third-order valence-electron chi connectivity index (χ3n) is 3.91. The molecule has 26 heavy (non-hydrogen) atoms. The second kappa shape index (κ2) is 7.54. The van der Waals surface area contributed by atoms with Gasteiger partial charge in [0.05, 0.1) is 9.85 Å². The number of carbonyl (C=O) groups is 1. The van der Waals surface area contributed by atoms with Gasteiger partial charge in [-0.1, -0.05) is 0 Å². The number of rotatable bonds is 4. The standard InChI is InChI=1S/C16H22N4O6/c1-16(2,3)26-15(21)18-9-7-11(8-10-18)17-14-12(19(22)23)5-4-6-13(14)20(24)25/h4-6,11,17H,7-10H2,1-3H3. The van der Waals surface area contributed by atoms with Crippen LogP contribution in [-0.4, -0.2) is 45.6 Å². The zero-order chi connectivity index (χ0) is 19.5. The van der Waals surface area contributed by atoms with Gasteiger partial charge >= 0.3 is 6.09 Å². The second-order valence-corrected chi connectivity index (χ2v) is 7.07. The van der Waals surface area contributed by atoms with Crippen LogP contribution in [0.15, 0.2) is 18.2 Å². The molecule has 0 saturated carbocycles. The smallest absolute Gasteiger partial charge is 0.410 e. The van der Waals surface area contributed by atoms with E-state index in [4.69, 9.17) is 4.74 Å². The molecule has 1 aliphatic rings. The van der Waals surface area contributed by atoms with Crippen molar-refractivity contribution in [1.29, 1.82) is 0 Å². The number of nitro benzene ring substituents is 2. The lowest BCUT2D eigenvalue weighted by atomic mass is 10.0. The lowest BCUT2D eigenvalue weighted by Crippen LogP contribution is -2.44. The van der Waals surface area contributed by atoms with Crippen LogP contribution in [0.2, 0.25) is 0 Å². The van der Waals surface area contributed by atoms with Crippen molar-refractivity contribution >= 4 is 23.2 Å². The Balaban J connectivity index is 2.07. The predicted octanol–water partition coefficient (Wildman–Crippen LogP) is 3.31. The molecular formula is C16H22N4O6. The molecule has 1 amide bonds. The zero-order valence-corrected chi connectivity index (χ0v) is 14.9. The van der Waals surface area contributed by atoms with Crippen molar-refractivity contribution in [3.05, 3.63) is 38.4 Å². The van der Waals surface area contributed by atoms with Gasteiger partial charge in [-0.25, -0.2) is 4.79 Å². The van der Waals surface area contributed by atoms with Gasteiger partial charge in [-0.2, -0.15) is 0 Å². The van der Waals surface area contributed by atoms with Gasteiger partial charge in [-0.05, 0) is 39.7 Å². The molecule has 0 bridgehead atoms. The van der Waals surface area contributed by atoms with E-state index >= 15 is 0 Å². The minimum atomic E-state index is -0.648. The highest BCUT2D eigenvalue weighted by atomic mass is 16.6. The summed E-state index contributed by atoms with van der Waals surface area (Å²) in [7, 11) is 0. The summed E-state index contributed by atoms with van der Waals surface area (Å²) in [5.41, 5.74) is -1.36. The number of anilines is 1. The molecule has 0 atom stereocenters. The normalized spacial score (nSPS) is 15.4. The maximum Gasteiger partial charge on any atom is 0.410 e. The minimum absolute atomic E-state index is 0.0989. The van der Waals surface area contributed by atoms with E-state index < -0.39 is 21.5 Å². The summed E-state index contributed by atoms with van der Waals surface area (Å²) in [6.07, 6.45) is 0.595. The Morgan fingerprint density at radius 2 is 1.65 bits per heavy atom. The number of hydrogen-bond donors (Lipinski definition) is 1. The number of piperidine rings is 1. The van der Waals surface area contributed by atoms with E-state index in [9.17, 15) is 25.0 Å². The van der Waals surface area contributed by atoms with Gasteiger partial charge < -0.3 is 15.0 Å². The van der Waals surface area contributed by atoms with E-state index in [1.165, 1.54) is 18.2 Å². The van der Waals surface area contributed by atoms with Crippen LogP contribution in [0.3, 0.4) is 0 Å². The summed E-state index contributed by atoms with van der Waals surface area (Å²) in [5.74, 6) is 0. The maximum atomic E-state index is 12.1. The van der Waals surface area contributed by atoms with Crippen LogP contribution < -0.4 is 5.32 Å². The van der Waals surface area contributed by atoms with Crippen LogP contribution in [0.1, 0.15) is 33.6 Å². The third kappa shape index (κ3) is 4.80. The minimum Gasteiger partial charge on any atom is -0.444 e. The summed E-state index contributed by atoms with van der Waals surface area (Å²) in [6, 6.07) is 3.52. The number of amides is 1. The topological polar surface area (TPSA) is 128 Å². The number of hydrogen-bond acceptors (Lipinski definition) is 7. The van der Waals surface area contributed by atoms with Crippen LogP contribution >= 0.6 is 0 Å². The molecule has 142 valence electrons. The Morgan fingerprint density at radius 3 is 2.08 bits per heavy atom. The largest absolute Gasteiger partial charge is 0.444 e. The highest BCUT2D eigenvalue weighted by Gasteiger charge is 2.30. The summed E-state index contributed by atoms with van der Waals surface area (Å²) >= 11 is 0. The van der Waals surface area contributed by atoms with Crippen molar-refractivity contribution < 1.29 is 19.4 Å². The Morgan fingerprint density at radius 1 is 1.15 bits per heavy atom. The number of para-hydroxylation sites is 1. The van der Waals surface area contributed by atoms with E-state index in [2.05, 4.69) is 5.32 Å². The molecule has 1 N–H and O–H groups in total. The van der Waals surface area contributed by atoms with E-state index in [1.807, 2.05) is 0 Å². The molecule has 1 saturated heterocycles. The Hall–Kier alpha value is -2.91. The Kier molecular flexibility index (Phi) is 5.63. The molecule has 0 aliphatic carbocycles.